The lowest BCUT2D eigenvalue weighted by atomic mass is 9.93. The highest BCUT2D eigenvalue weighted by Gasteiger charge is 2.31. The molecule has 1 amide bonds. The highest BCUT2D eigenvalue weighted by molar-refractivity contribution is 5.85. The SMILES string of the molecule is O=C(Cc1ccc(F)cc1F)NC(C(=O)O)C1CCCOC1. The average molecular weight is 313 g/mol. The van der Waals surface area contributed by atoms with Crippen LogP contribution in [0.2, 0.25) is 0 Å². The Hall–Kier alpha value is -2.02. The van der Waals surface area contributed by atoms with Crippen LogP contribution in [0.3, 0.4) is 0 Å². The van der Waals surface area contributed by atoms with Crippen LogP contribution in [-0.4, -0.2) is 36.2 Å². The first-order valence-electron chi connectivity index (χ1n) is 7.01. The van der Waals surface area contributed by atoms with E-state index in [1.54, 1.807) is 0 Å². The lowest BCUT2D eigenvalue weighted by molar-refractivity contribution is -0.145. The summed E-state index contributed by atoms with van der Waals surface area (Å²) in [5.74, 6) is -3.65. The van der Waals surface area contributed by atoms with E-state index in [2.05, 4.69) is 5.32 Å². The van der Waals surface area contributed by atoms with Gasteiger partial charge in [0.25, 0.3) is 0 Å². The Bertz CT molecular complexity index is 558. The molecule has 1 heterocycles. The molecule has 0 spiro atoms. The highest BCUT2D eigenvalue weighted by atomic mass is 19.1. The molecule has 1 aromatic rings. The van der Waals surface area contributed by atoms with E-state index in [4.69, 9.17) is 4.74 Å². The third-order valence-corrected chi connectivity index (χ3v) is 3.62. The van der Waals surface area contributed by atoms with Gasteiger partial charge in [-0.1, -0.05) is 6.07 Å². The van der Waals surface area contributed by atoms with Crippen molar-refractivity contribution in [3.05, 3.63) is 35.4 Å². The molecule has 1 aromatic carbocycles. The van der Waals surface area contributed by atoms with Crippen LogP contribution < -0.4 is 5.32 Å². The first kappa shape index (κ1) is 16.4. The normalized spacial score (nSPS) is 19.5. The number of carbonyl (C=O) groups is 2. The Morgan fingerprint density at radius 1 is 1.41 bits per heavy atom. The molecule has 0 bridgehead atoms. The van der Waals surface area contributed by atoms with Gasteiger partial charge in [0.1, 0.15) is 17.7 Å². The third kappa shape index (κ3) is 4.24. The number of hydrogen-bond donors (Lipinski definition) is 2. The van der Waals surface area contributed by atoms with Gasteiger partial charge in [-0.05, 0) is 24.5 Å². The number of aliphatic carboxylic acids is 1. The standard InChI is InChI=1S/C15H17F2NO4/c16-11-4-3-9(12(17)7-11)6-13(19)18-14(15(20)21)10-2-1-5-22-8-10/h3-4,7,10,14H,1-2,5-6,8H2,(H,18,19)(H,20,21). The number of ether oxygens (including phenoxy) is 1. The number of hydrogen-bond acceptors (Lipinski definition) is 3. The lowest BCUT2D eigenvalue weighted by Gasteiger charge is -2.28. The summed E-state index contributed by atoms with van der Waals surface area (Å²) in [5, 5.41) is 11.6. The van der Waals surface area contributed by atoms with E-state index in [9.17, 15) is 23.5 Å². The molecule has 0 saturated carbocycles. The molecular formula is C15H17F2NO4. The number of rotatable bonds is 5. The molecule has 2 atom stereocenters. The topological polar surface area (TPSA) is 75.6 Å². The van der Waals surface area contributed by atoms with Crippen molar-refractivity contribution in [3.63, 3.8) is 0 Å². The van der Waals surface area contributed by atoms with Crippen LogP contribution in [0.15, 0.2) is 18.2 Å². The molecule has 2 unspecified atom stereocenters. The first-order chi connectivity index (χ1) is 10.5. The smallest absolute Gasteiger partial charge is 0.326 e. The van der Waals surface area contributed by atoms with Crippen LogP contribution in [0.4, 0.5) is 8.78 Å². The van der Waals surface area contributed by atoms with Crippen molar-refractivity contribution in [2.24, 2.45) is 5.92 Å². The molecule has 120 valence electrons. The number of benzene rings is 1. The molecule has 0 aliphatic carbocycles. The van der Waals surface area contributed by atoms with E-state index in [0.29, 0.717) is 19.1 Å². The van der Waals surface area contributed by atoms with Crippen LogP contribution in [0.25, 0.3) is 0 Å². The third-order valence-electron chi connectivity index (χ3n) is 3.62. The molecule has 2 N–H and O–H groups in total. The summed E-state index contributed by atoms with van der Waals surface area (Å²) in [4.78, 5) is 23.2. The minimum absolute atomic E-state index is 0.0166. The molecule has 1 aliphatic rings. The van der Waals surface area contributed by atoms with Crippen molar-refractivity contribution in [2.45, 2.75) is 25.3 Å². The van der Waals surface area contributed by atoms with Crippen molar-refractivity contribution >= 4 is 11.9 Å². The minimum atomic E-state index is -1.15. The number of carboxylic acid groups (broad SMARTS) is 1. The predicted molar refractivity (Wildman–Crippen MR) is 73.2 cm³/mol. The predicted octanol–water partition coefficient (Wildman–Crippen LogP) is 1.50. The summed E-state index contributed by atoms with van der Waals surface area (Å²) in [6.07, 6.45) is 1.03. The average Bonchev–Trinajstić information content (AvgIpc) is 2.48. The second-order valence-corrected chi connectivity index (χ2v) is 5.27. The zero-order chi connectivity index (χ0) is 16.1. The zero-order valence-electron chi connectivity index (χ0n) is 11.9. The van der Waals surface area contributed by atoms with Gasteiger partial charge in [0.05, 0.1) is 13.0 Å². The zero-order valence-corrected chi connectivity index (χ0v) is 11.9. The fourth-order valence-electron chi connectivity index (χ4n) is 2.47. The lowest BCUT2D eigenvalue weighted by Crippen LogP contribution is -2.48. The Morgan fingerprint density at radius 2 is 2.18 bits per heavy atom. The van der Waals surface area contributed by atoms with Gasteiger partial charge in [0, 0.05) is 18.6 Å². The summed E-state index contributed by atoms with van der Waals surface area (Å²) in [7, 11) is 0. The maximum absolute atomic E-state index is 13.5. The van der Waals surface area contributed by atoms with Crippen molar-refractivity contribution in [2.75, 3.05) is 13.2 Å². The summed E-state index contributed by atoms with van der Waals surface area (Å²) in [5.41, 5.74) is 0.0166. The van der Waals surface area contributed by atoms with E-state index in [1.807, 2.05) is 0 Å². The Morgan fingerprint density at radius 3 is 2.77 bits per heavy atom. The van der Waals surface area contributed by atoms with Crippen LogP contribution in [0, 0.1) is 17.6 Å². The van der Waals surface area contributed by atoms with Crippen molar-refractivity contribution in [1.29, 1.82) is 0 Å². The van der Waals surface area contributed by atoms with Gasteiger partial charge >= 0.3 is 5.97 Å². The minimum Gasteiger partial charge on any atom is -0.480 e. The number of carbonyl (C=O) groups excluding carboxylic acids is 1. The second kappa shape index (κ2) is 7.31. The van der Waals surface area contributed by atoms with Gasteiger partial charge in [-0.25, -0.2) is 13.6 Å². The molecule has 22 heavy (non-hydrogen) atoms. The number of carboxylic acids is 1. The van der Waals surface area contributed by atoms with Gasteiger partial charge in [0.15, 0.2) is 0 Å². The summed E-state index contributed by atoms with van der Waals surface area (Å²) >= 11 is 0. The van der Waals surface area contributed by atoms with Crippen molar-refractivity contribution in [1.82, 2.24) is 5.32 Å². The van der Waals surface area contributed by atoms with Gasteiger partial charge in [-0.3, -0.25) is 4.79 Å². The number of amides is 1. The number of nitrogens with one attached hydrogen (secondary N) is 1. The van der Waals surface area contributed by atoms with Gasteiger partial charge in [-0.15, -0.1) is 0 Å². The first-order valence-corrected chi connectivity index (χ1v) is 7.01. The molecule has 7 heteroatoms. The van der Waals surface area contributed by atoms with Gasteiger partial charge < -0.3 is 15.2 Å². The Kier molecular flexibility index (Phi) is 5.43. The molecule has 5 nitrogen and oxygen atoms in total. The van der Waals surface area contributed by atoms with Crippen LogP contribution in [0.5, 0.6) is 0 Å². The highest BCUT2D eigenvalue weighted by Crippen LogP contribution is 2.18. The maximum Gasteiger partial charge on any atom is 0.326 e. The maximum atomic E-state index is 13.5. The quantitative estimate of drug-likeness (QED) is 0.864. The molecular weight excluding hydrogens is 296 g/mol. The van der Waals surface area contributed by atoms with Gasteiger partial charge in [-0.2, -0.15) is 0 Å². The van der Waals surface area contributed by atoms with E-state index >= 15 is 0 Å². The molecule has 1 aliphatic heterocycles. The summed E-state index contributed by atoms with van der Waals surface area (Å²) < 4.78 is 31.5. The van der Waals surface area contributed by atoms with E-state index in [1.165, 1.54) is 6.07 Å². The molecule has 0 aromatic heterocycles. The van der Waals surface area contributed by atoms with Crippen LogP contribution in [-0.2, 0) is 20.7 Å². The fraction of sp³-hybridized carbons (Fsp3) is 0.467. The van der Waals surface area contributed by atoms with Crippen molar-refractivity contribution in [3.8, 4) is 0 Å². The molecule has 0 radical (unpaired) electrons. The van der Waals surface area contributed by atoms with Crippen LogP contribution >= 0.6 is 0 Å². The van der Waals surface area contributed by atoms with E-state index in [0.717, 1.165) is 12.5 Å². The van der Waals surface area contributed by atoms with Gasteiger partial charge in [0.2, 0.25) is 5.91 Å². The fourth-order valence-corrected chi connectivity index (χ4v) is 2.47. The summed E-state index contributed by atoms with van der Waals surface area (Å²) in [6, 6.07) is 1.84. The van der Waals surface area contributed by atoms with E-state index in [-0.39, 0.29) is 24.5 Å². The summed E-state index contributed by atoms with van der Waals surface area (Å²) in [6.45, 7) is 0.847. The monoisotopic (exact) mass is 313 g/mol. The Labute approximate surface area is 126 Å². The van der Waals surface area contributed by atoms with Crippen LogP contribution in [0.1, 0.15) is 18.4 Å². The Balaban J connectivity index is 2.00. The number of halogens is 2. The molecule has 1 saturated heterocycles. The van der Waals surface area contributed by atoms with Crippen molar-refractivity contribution < 1.29 is 28.2 Å². The second-order valence-electron chi connectivity index (χ2n) is 5.27. The van der Waals surface area contributed by atoms with E-state index < -0.39 is 29.6 Å². The molecule has 2 rings (SSSR count). The largest absolute Gasteiger partial charge is 0.480 e. The molecule has 1 fully saturated rings.